The molecular formula is C15H17N3O3. The molecule has 6 heteroatoms. The highest BCUT2D eigenvalue weighted by Crippen LogP contribution is 2.19. The van der Waals surface area contributed by atoms with Crippen LogP contribution in [0.3, 0.4) is 0 Å². The second-order valence-electron chi connectivity index (χ2n) is 4.80. The van der Waals surface area contributed by atoms with Crippen molar-refractivity contribution in [2.24, 2.45) is 0 Å². The van der Waals surface area contributed by atoms with E-state index >= 15 is 0 Å². The summed E-state index contributed by atoms with van der Waals surface area (Å²) in [6.45, 7) is 7.14. The van der Waals surface area contributed by atoms with Crippen LogP contribution in [0.2, 0.25) is 0 Å². The van der Waals surface area contributed by atoms with Crippen LogP contribution in [-0.4, -0.2) is 21.4 Å². The minimum atomic E-state index is -0.707. The first-order valence-corrected chi connectivity index (χ1v) is 6.71. The fraction of sp³-hybridized carbons (Fsp3) is 0.333. The number of aromatic nitrogens is 2. The maximum Gasteiger partial charge on any atom is 0.262 e. The zero-order chi connectivity index (χ0) is 15.6. The predicted molar refractivity (Wildman–Crippen MR) is 79.5 cm³/mol. The summed E-state index contributed by atoms with van der Waals surface area (Å²) in [6.07, 6.45) is 5.45. The average molecular weight is 287 g/mol. The Hall–Kier alpha value is -2.50. The van der Waals surface area contributed by atoms with E-state index in [0.717, 1.165) is 0 Å². The summed E-state index contributed by atoms with van der Waals surface area (Å²) in [4.78, 5) is 40.1. The van der Waals surface area contributed by atoms with Gasteiger partial charge in [-0.05, 0) is 26.3 Å². The van der Waals surface area contributed by atoms with Crippen molar-refractivity contribution in [3.63, 3.8) is 0 Å². The largest absolute Gasteiger partial charge is 0.295 e. The van der Waals surface area contributed by atoms with Crippen LogP contribution in [0.15, 0.2) is 17.4 Å². The minimum absolute atomic E-state index is 0.211. The monoisotopic (exact) mass is 287 g/mol. The summed E-state index contributed by atoms with van der Waals surface area (Å²) in [5.41, 5.74) is 0.557. The first-order chi connectivity index (χ1) is 9.99. The number of nitrogens with one attached hydrogen (secondary N) is 1. The van der Waals surface area contributed by atoms with Crippen molar-refractivity contribution in [2.75, 3.05) is 0 Å². The van der Waals surface area contributed by atoms with Gasteiger partial charge in [-0.25, -0.2) is 4.98 Å². The normalized spacial score (nSPS) is 18.9. The minimum Gasteiger partial charge on any atom is -0.295 e. The van der Waals surface area contributed by atoms with Gasteiger partial charge in [-0.2, -0.15) is 0 Å². The van der Waals surface area contributed by atoms with Crippen LogP contribution >= 0.6 is 0 Å². The molecule has 2 rings (SSSR count). The van der Waals surface area contributed by atoms with E-state index in [-0.39, 0.29) is 17.9 Å². The van der Waals surface area contributed by atoms with Gasteiger partial charge >= 0.3 is 0 Å². The number of nitrogens with zero attached hydrogens (tertiary/aromatic N) is 2. The summed E-state index contributed by atoms with van der Waals surface area (Å²) in [5.74, 6) is -0.343. The van der Waals surface area contributed by atoms with Gasteiger partial charge in [-0.3, -0.25) is 24.3 Å². The average Bonchev–Trinajstić information content (AvgIpc) is 2.41. The number of amides is 2. The molecule has 6 nitrogen and oxygen atoms in total. The summed E-state index contributed by atoms with van der Waals surface area (Å²) < 4.78 is 1.34. The number of piperidine rings is 1. The molecule has 1 aromatic rings. The van der Waals surface area contributed by atoms with Crippen molar-refractivity contribution in [3.05, 3.63) is 40.1 Å². The lowest BCUT2D eigenvalue weighted by Crippen LogP contribution is -2.45. The van der Waals surface area contributed by atoms with E-state index in [0.29, 0.717) is 23.5 Å². The molecule has 2 heterocycles. The number of allylic oxidation sites excluding steroid dienone is 1. The molecular weight excluding hydrogens is 270 g/mol. The Morgan fingerprint density at radius 2 is 2.10 bits per heavy atom. The summed E-state index contributed by atoms with van der Waals surface area (Å²) in [6, 6.07) is -0.707. The predicted octanol–water partition coefficient (Wildman–Crippen LogP) is 1.21. The molecule has 2 amide bonds. The fourth-order valence-corrected chi connectivity index (χ4v) is 2.45. The molecule has 0 saturated carbocycles. The summed E-state index contributed by atoms with van der Waals surface area (Å²) in [5, 5.41) is 2.25. The Kier molecular flexibility index (Phi) is 4.16. The van der Waals surface area contributed by atoms with Crippen LogP contribution < -0.4 is 10.9 Å². The second kappa shape index (κ2) is 5.87. The molecule has 1 fully saturated rings. The smallest absolute Gasteiger partial charge is 0.262 e. The van der Waals surface area contributed by atoms with E-state index in [1.807, 2.05) is 6.92 Å². The van der Waals surface area contributed by atoms with Crippen LogP contribution in [0.1, 0.15) is 42.9 Å². The Morgan fingerprint density at radius 1 is 1.38 bits per heavy atom. The van der Waals surface area contributed by atoms with Crippen molar-refractivity contribution >= 4 is 24.0 Å². The molecule has 0 aliphatic carbocycles. The molecule has 1 saturated heterocycles. The Balaban J connectivity index is 2.60. The number of carbonyl (C=O) groups is 2. The Morgan fingerprint density at radius 3 is 2.67 bits per heavy atom. The van der Waals surface area contributed by atoms with Crippen molar-refractivity contribution in [2.45, 2.75) is 32.7 Å². The number of imide groups is 1. The van der Waals surface area contributed by atoms with Gasteiger partial charge in [0.05, 0.1) is 11.3 Å². The van der Waals surface area contributed by atoms with Crippen LogP contribution in [0.4, 0.5) is 0 Å². The van der Waals surface area contributed by atoms with E-state index in [1.54, 1.807) is 19.1 Å². The molecule has 1 aliphatic heterocycles. The molecule has 1 aliphatic rings. The third kappa shape index (κ3) is 2.69. The van der Waals surface area contributed by atoms with Crippen molar-refractivity contribution in [1.29, 1.82) is 0 Å². The molecule has 1 atom stereocenters. The van der Waals surface area contributed by atoms with Gasteiger partial charge in [-0.15, -0.1) is 0 Å². The highest BCUT2D eigenvalue weighted by Gasteiger charge is 2.30. The van der Waals surface area contributed by atoms with Gasteiger partial charge < -0.3 is 0 Å². The van der Waals surface area contributed by atoms with E-state index < -0.39 is 11.9 Å². The van der Waals surface area contributed by atoms with Crippen molar-refractivity contribution in [1.82, 2.24) is 14.9 Å². The van der Waals surface area contributed by atoms with Crippen LogP contribution in [0, 0.1) is 6.92 Å². The van der Waals surface area contributed by atoms with Crippen molar-refractivity contribution in [3.8, 4) is 0 Å². The quantitative estimate of drug-likeness (QED) is 0.847. The van der Waals surface area contributed by atoms with Gasteiger partial charge in [-0.1, -0.05) is 18.7 Å². The van der Waals surface area contributed by atoms with E-state index in [2.05, 4.69) is 16.9 Å². The zero-order valence-electron chi connectivity index (χ0n) is 12.0. The number of hydrogen-bond donors (Lipinski definition) is 1. The summed E-state index contributed by atoms with van der Waals surface area (Å²) >= 11 is 0. The standard InChI is InChI=1S/C15H17N3O3/c1-4-6-11-10(5-2)15(21)18(9(3)16-11)12-7-8-13(19)17-14(12)20/h4-6,12H,2,7-8H2,1,3H3,(H,17,19,20)/b6-4-. The van der Waals surface area contributed by atoms with E-state index in [1.165, 1.54) is 10.6 Å². The number of hydrogen-bond acceptors (Lipinski definition) is 4. The highest BCUT2D eigenvalue weighted by molar-refractivity contribution is 5.99. The van der Waals surface area contributed by atoms with E-state index in [9.17, 15) is 14.4 Å². The van der Waals surface area contributed by atoms with Crippen molar-refractivity contribution < 1.29 is 9.59 Å². The van der Waals surface area contributed by atoms with Crippen LogP contribution in [0.5, 0.6) is 0 Å². The molecule has 0 aromatic carbocycles. The first-order valence-electron chi connectivity index (χ1n) is 6.71. The second-order valence-corrected chi connectivity index (χ2v) is 4.80. The SMILES string of the molecule is C=Cc1c(/C=C\C)nc(C)n(C2CCC(=O)NC2=O)c1=O. The maximum atomic E-state index is 12.6. The topological polar surface area (TPSA) is 81.1 Å². The first kappa shape index (κ1) is 14.9. The molecule has 0 spiro atoms. The van der Waals surface area contributed by atoms with Gasteiger partial charge in [0.15, 0.2) is 0 Å². The number of aryl methyl sites for hydroxylation is 1. The number of carbonyl (C=O) groups excluding carboxylic acids is 2. The molecule has 0 bridgehead atoms. The fourth-order valence-electron chi connectivity index (χ4n) is 2.45. The molecule has 110 valence electrons. The highest BCUT2D eigenvalue weighted by atomic mass is 16.2. The third-order valence-electron chi connectivity index (χ3n) is 3.41. The molecule has 1 aromatic heterocycles. The molecule has 0 radical (unpaired) electrons. The maximum absolute atomic E-state index is 12.6. The van der Waals surface area contributed by atoms with Gasteiger partial charge in [0.2, 0.25) is 11.8 Å². The lowest BCUT2D eigenvalue weighted by Gasteiger charge is -2.24. The van der Waals surface area contributed by atoms with E-state index in [4.69, 9.17) is 0 Å². The van der Waals surface area contributed by atoms with Crippen LogP contribution in [0.25, 0.3) is 12.2 Å². The molecule has 1 N–H and O–H groups in total. The van der Waals surface area contributed by atoms with Gasteiger partial charge in [0.25, 0.3) is 5.56 Å². The third-order valence-corrected chi connectivity index (χ3v) is 3.41. The van der Waals surface area contributed by atoms with Gasteiger partial charge in [0.1, 0.15) is 11.9 Å². The summed E-state index contributed by atoms with van der Waals surface area (Å²) in [7, 11) is 0. The zero-order valence-corrected chi connectivity index (χ0v) is 12.0. The lowest BCUT2D eigenvalue weighted by molar-refractivity contribution is -0.135. The lowest BCUT2D eigenvalue weighted by atomic mass is 10.0. The van der Waals surface area contributed by atoms with Gasteiger partial charge in [0, 0.05) is 6.42 Å². The Labute approximate surface area is 122 Å². The number of rotatable bonds is 3. The molecule has 21 heavy (non-hydrogen) atoms. The Bertz CT molecular complexity index is 701. The molecule has 1 unspecified atom stereocenters. The van der Waals surface area contributed by atoms with Crippen LogP contribution in [-0.2, 0) is 9.59 Å².